The number of amides is 2. The summed E-state index contributed by atoms with van der Waals surface area (Å²) in [6.07, 6.45) is 3.15. The Kier molecular flexibility index (Phi) is 9.28. The lowest BCUT2D eigenvalue weighted by atomic mass is 10.2. The van der Waals surface area contributed by atoms with Crippen LogP contribution in [0.4, 0.5) is 0 Å². The normalized spacial score (nSPS) is 12.0. The second-order valence-electron chi connectivity index (χ2n) is 4.56. The Hall–Kier alpha value is -1.10. The summed E-state index contributed by atoms with van der Waals surface area (Å²) in [6, 6.07) is 0. The van der Waals surface area contributed by atoms with Crippen LogP contribution in [0, 0.1) is 0 Å². The Balaban J connectivity index is 4.28. The molecule has 0 spiro atoms. The van der Waals surface area contributed by atoms with Crippen molar-refractivity contribution in [2.24, 2.45) is 0 Å². The molecule has 18 heavy (non-hydrogen) atoms. The summed E-state index contributed by atoms with van der Waals surface area (Å²) in [5.74, 6) is -1.11. The molecule has 1 unspecified atom stereocenters. The first-order chi connectivity index (χ1) is 8.52. The highest BCUT2D eigenvalue weighted by atomic mass is 16.3. The van der Waals surface area contributed by atoms with Crippen molar-refractivity contribution >= 4 is 11.8 Å². The first kappa shape index (κ1) is 16.9. The molecule has 0 heterocycles. The third kappa shape index (κ3) is 7.27. The van der Waals surface area contributed by atoms with E-state index in [2.05, 4.69) is 19.2 Å². The van der Waals surface area contributed by atoms with Crippen LogP contribution in [0.15, 0.2) is 0 Å². The fourth-order valence-electron chi connectivity index (χ4n) is 1.47. The molecular weight excluding hydrogens is 232 g/mol. The summed E-state index contributed by atoms with van der Waals surface area (Å²) in [6.45, 7) is 7.03. The third-order valence-corrected chi connectivity index (χ3v) is 2.60. The Morgan fingerprint density at radius 2 is 1.67 bits per heavy atom. The lowest BCUT2D eigenvalue weighted by Gasteiger charge is -2.21. The lowest BCUT2D eigenvalue weighted by molar-refractivity contribution is -0.146. The molecule has 106 valence electrons. The lowest BCUT2D eigenvalue weighted by Crippen LogP contribution is -2.45. The highest BCUT2D eigenvalue weighted by Crippen LogP contribution is 2.00. The van der Waals surface area contributed by atoms with Crippen LogP contribution in [0.2, 0.25) is 0 Å². The first-order valence-corrected chi connectivity index (χ1v) is 6.78. The quantitative estimate of drug-likeness (QED) is 0.636. The van der Waals surface area contributed by atoms with E-state index in [1.165, 1.54) is 0 Å². The van der Waals surface area contributed by atoms with Crippen LogP contribution in [-0.2, 0) is 9.59 Å². The van der Waals surface area contributed by atoms with E-state index in [-0.39, 0.29) is 6.54 Å². The second-order valence-corrected chi connectivity index (χ2v) is 4.56. The van der Waals surface area contributed by atoms with Crippen LogP contribution in [0.1, 0.15) is 46.5 Å². The third-order valence-electron chi connectivity index (χ3n) is 2.60. The van der Waals surface area contributed by atoms with Gasteiger partial charge in [-0.2, -0.15) is 0 Å². The van der Waals surface area contributed by atoms with E-state index in [1.807, 2.05) is 0 Å². The fourth-order valence-corrected chi connectivity index (χ4v) is 1.47. The highest BCUT2D eigenvalue weighted by molar-refractivity contribution is 6.35. The van der Waals surface area contributed by atoms with Gasteiger partial charge >= 0.3 is 11.8 Å². The first-order valence-electron chi connectivity index (χ1n) is 6.78. The van der Waals surface area contributed by atoms with Gasteiger partial charge in [-0.15, -0.1) is 0 Å². The van der Waals surface area contributed by atoms with Gasteiger partial charge in [-0.25, -0.2) is 0 Å². The van der Waals surface area contributed by atoms with E-state index in [4.69, 9.17) is 5.11 Å². The largest absolute Gasteiger partial charge is 0.392 e. The molecule has 0 aliphatic rings. The van der Waals surface area contributed by atoms with Gasteiger partial charge in [0.1, 0.15) is 0 Å². The highest BCUT2D eigenvalue weighted by Gasteiger charge is 2.20. The summed E-state index contributed by atoms with van der Waals surface area (Å²) in [7, 11) is 0. The predicted octanol–water partition coefficient (Wildman–Crippen LogP) is 0.912. The topological polar surface area (TPSA) is 69.6 Å². The van der Waals surface area contributed by atoms with Crippen molar-refractivity contribution in [3.63, 3.8) is 0 Å². The molecule has 5 heteroatoms. The minimum absolute atomic E-state index is 0.111. The summed E-state index contributed by atoms with van der Waals surface area (Å²) in [5.41, 5.74) is 0. The van der Waals surface area contributed by atoms with E-state index in [0.29, 0.717) is 13.1 Å². The Bertz CT molecular complexity index is 247. The number of unbranched alkanes of at least 4 members (excludes halogenated alkanes) is 2. The van der Waals surface area contributed by atoms with E-state index >= 15 is 0 Å². The summed E-state index contributed by atoms with van der Waals surface area (Å²) in [4.78, 5) is 25.1. The average Bonchev–Trinajstić information content (AvgIpc) is 2.35. The Morgan fingerprint density at radius 1 is 1.17 bits per heavy atom. The molecule has 0 aromatic heterocycles. The van der Waals surface area contributed by atoms with E-state index in [0.717, 1.165) is 25.7 Å². The summed E-state index contributed by atoms with van der Waals surface area (Å²) >= 11 is 0. The van der Waals surface area contributed by atoms with Crippen molar-refractivity contribution < 1.29 is 14.7 Å². The van der Waals surface area contributed by atoms with Gasteiger partial charge in [0.15, 0.2) is 0 Å². The number of nitrogens with one attached hydrogen (secondary N) is 1. The summed E-state index contributed by atoms with van der Waals surface area (Å²) < 4.78 is 0. The zero-order chi connectivity index (χ0) is 14.0. The maximum absolute atomic E-state index is 11.9. The molecule has 0 fully saturated rings. The maximum Gasteiger partial charge on any atom is 0.311 e. The molecule has 0 saturated heterocycles. The van der Waals surface area contributed by atoms with Crippen molar-refractivity contribution in [2.45, 2.75) is 52.6 Å². The SMILES string of the molecule is CCCCN(CCCC)C(=O)C(=O)NCC(C)O. The van der Waals surface area contributed by atoms with Gasteiger partial charge in [0.2, 0.25) is 0 Å². The zero-order valence-corrected chi connectivity index (χ0v) is 11.7. The molecule has 0 aliphatic carbocycles. The van der Waals surface area contributed by atoms with Gasteiger partial charge in [-0.1, -0.05) is 26.7 Å². The van der Waals surface area contributed by atoms with Crippen LogP contribution < -0.4 is 5.32 Å². The van der Waals surface area contributed by atoms with E-state index in [1.54, 1.807) is 11.8 Å². The predicted molar refractivity (Wildman–Crippen MR) is 71.1 cm³/mol. The molecule has 0 aromatic rings. The van der Waals surface area contributed by atoms with Crippen LogP contribution in [0.3, 0.4) is 0 Å². The monoisotopic (exact) mass is 258 g/mol. The van der Waals surface area contributed by atoms with Crippen molar-refractivity contribution in [1.29, 1.82) is 0 Å². The summed E-state index contributed by atoms with van der Waals surface area (Å²) in [5, 5.41) is 11.5. The van der Waals surface area contributed by atoms with E-state index in [9.17, 15) is 9.59 Å². The molecule has 0 radical (unpaired) electrons. The van der Waals surface area contributed by atoms with Crippen LogP contribution >= 0.6 is 0 Å². The molecule has 0 saturated carbocycles. The average molecular weight is 258 g/mol. The number of aliphatic hydroxyl groups excluding tert-OH is 1. The number of nitrogens with zero attached hydrogens (tertiary/aromatic N) is 1. The standard InChI is InChI=1S/C13H26N2O3/c1-4-6-8-15(9-7-5-2)13(18)12(17)14-10-11(3)16/h11,16H,4-10H2,1-3H3,(H,14,17). The number of aliphatic hydroxyl groups is 1. The fraction of sp³-hybridized carbons (Fsp3) is 0.846. The molecule has 2 N–H and O–H groups in total. The van der Waals surface area contributed by atoms with Gasteiger partial charge in [0, 0.05) is 19.6 Å². The van der Waals surface area contributed by atoms with Gasteiger partial charge in [-0.3, -0.25) is 9.59 Å². The van der Waals surface area contributed by atoms with Gasteiger partial charge in [0.25, 0.3) is 0 Å². The number of rotatable bonds is 8. The molecule has 1 atom stereocenters. The second kappa shape index (κ2) is 9.88. The zero-order valence-electron chi connectivity index (χ0n) is 11.7. The van der Waals surface area contributed by atoms with Crippen LogP contribution in [0.25, 0.3) is 0 Å². The van der Waals surface area contributed by atoms with Crippen molar-refractivity contribution in [3.05, 3.63) is 0 Å². The van der Waals surface area contributed by atoms with Crippen molar-refractivity contribution in [2.75, 3.05) is 19.6 Å². The minimum atomic E-state index is -0.638. The van der Waals surface area contributed by atoms with Crippen LogP contribution in [0.5, 0.6) is 0 Å². The molecule has 0 aliphatic heterocycles. The van der Waals surface area contributed by atoms with Crippen molar-refractivity contribution in [1.82, 2.24) is 10.2 Å². The molecule has 5 nitrogen and oxygen atoms in total. The molecule has 0 aromatic carbocycles. The number of hydrogen-bond acceptors (Lipinski definition) is 3. The smallest absolute Gasteiger partial charge is 0.311 e. The van der Waals surface area contributed by atoms with E-state index < -0.39 is 17.9 Å². The maximum atomic E-state index is 11.9. The van der Waals surface area contributed by atoms with Crippen molar-refractivity contribution in [3.8, 4) is 0 Å². The molecule has 0 bridgehead atoms. The number of carbonyl (C=O) groups is 2. The van der Waals surface area contributed by atoms with Crippen LogP contribution in [-0.4, -0.2) is 47.6 Å². The number of carbonyl (C=O) groups excluding carboxylic acids is 2. The Morgan fingerprint density at radius 3 is 2.06 bits per heavy atom. The molecule has 2 amide bonds. The Labute approximate surface area is 110 Å². The molecular formula is C13H26N2O3. The van der Waals surface area contributed by atoms with Gasteiger partial charge in [0.05, 0.1) is 6.10 Å². The molecule has 0 rings (SSSR count). The number of hydrogen-bond donors (Lipinski definition) is 2. The van der Waals surface area contributed by atoms with Gasteiger partial charge in [-0.05, 0) is 19.8 Å². The van der Waals surface area contributed by atoms with Gasteiger partial charge < -0.3 is 15.3 Å². The minimum Gasteiger partial charge on any atom is -0.392 e.